The summed E-state index contributed by atoms with van der Waals surface area (Å²) in [5.74, 6) is 1.34. The molecular weight excluding hydrogens is 482 g/mol. The van der Waals surface area contributed by atoms with Gasteiger partial charge >= 0.3 is 0 Å². The number of hydrogen-bond donors (Lipinski definition) is 0. The van der Waals surface area contributed by atoms with E-state index >= 15 is 0 Å². The van der Waals surface area contributed by atoms with Gasteiger partial charge in [-0.15, -0.1) is 5.10 Å². The van der Waals surface area contributed by atoms with Gasteiger partial charge in [0, 0.05) is 22.9 Å². The lowest BCUT2D eigenvalue weighted by molar-refractivity contribution is 0.242. The van der Waals surface area contributed by atoms with Crippen LogP contribution >= 0.6 is 11.3 Å². The molecule has 0 N–H and O–H groups in total. The zero-order valence-electron chi connectivity index (χ0n) is 20.3. The number of para-hydroxylation sites is 1. The predicted octanol–water partition coefficient (Wildman–Crippen LogP) is 5.01. The van der Waals surface area contributed by atoms with Gasteiger partial charge in [-0.3, -0.25) is 4.79 Å². The van der Waals surface area contributed by atoms with Gasteiger partial charge in [-0.1, -0.05) is 59.9 Å². The number of ether oxygens (including phenoxy) is 1. The van der Waals surface area contributed by atoms with Gasteiger partial charge in [0.25, 0.3) is 5.56 Å². The van der Waals surface area contributed by atoms with Gasteiger partial charge in [0.15, 0.2) is 5.82 Å². The number of thiazole rings is 1. The third-order valence-electron chi connectivity index (χ3n) is 5.76. The first-order chi connectivity index (χ1) is 18.0. The summed E-state index contributed by atoms with van der Waals surface area (Å²) in [6.45, 7) is 4.00. The Balaban J connectivity index is 1.45. The van der Waals surface area contributed by atoms with E-state index in [1.165, 1.54) is 15.9 Å². The zero-order chi connectivity index (χ0) is 25.4. The van der Waals surface area contributed by atoms with Crippen LogP contribution in [-0.2, 0) is 0 Å². The molecule has 3 heterocycles. The lowest BCUT2D eigenvalue weighted by Gasteiger charge is -2.09. The largest absolute Gasteiger partial charge is 0.491 e. The van der Waals surface area contributed by atoms with Crippen molar-refractivity contribution in [2.45, 2.75) is 20.0 Å². The molecule has 0 saturated heterocycles. The molecule has 0 aliphatic rings. The molecule has 0 atom stereocenters. The van der Waals surface area contributed by atoms with Crippen molar-refractivity contribution in [1.82, 2.24) is 24.4 Å². The molecule has 0 radical (unpaired) electrons. The maximum Gasteiger partial charge on any atom is 0.291 e. The number of hydrogen-bond acceptors (Lipinski definition) is 6. The summed E-state index contributed by atoms with van der Waals surface area (Å²) in [4.78, 5) is 18.4. The summed E-state index contributed by atoms with van der Waals surface area (Å²) >= 11 is 1.32. The molecule has 0 fully saturated rings. The molecule has 6 aromatic rings. The first kappa shape index (κ1) is 22.9. The summed E-state index contributed by atoms with van der Waals surface area (Å²) in [7, 11) is 0. The molecule has 0 aliphatic carbocycles. The smallest absolute Gasteiger partial charge is 0.291 e. The maximum absolute atomic E-state index is 13.2. The molecule has 0 bridgehead atoms. The molecule has 6 rings (SSSR count). The van der Waals surface area contributed by atoms with Crippen molar-refractivity contribution >= 4 is 22.4 Å². The van der Waals surface area contributed by atoms with E-state index in [4.69, 9.17) is 9.84 Å². The molecule has 0 spiro atoms. The van der Waals surface area contributed by atoms with Crippen molar-refractivity contribution in [3.05, 3.63) is 112 Å². The van der Waals surface area contributed by atoms with Crippen LogP contribution in [0.25, 0.3) is 39.4 Å². The van der Waals surface area contributed by atoms with E-state index in [1.54, 1.807) is 0 Å². The van der Waals surface area contributed by atoms with E-state index in [0.29, 0.717) is 15.3 Å². The first-order valence-electron chi connectivity index (χ1n) is 11.9. The van der Waals surface area contributed by atoms with Crippen LogP contribution in [0.3, 0.4) is 0 Å². The number of fused-ring (bicyclic) bond motifs is 1. The Bertz CT molecular complexity index is 1790. The minimum atomic E-state index is -0.200. The van der Waals surface area contributed by atoms with Crippen LogP contribution in [0.4, 0.5) is 0 Å². The fraction of sp³-hybridized carbons (Fsp3) is 0.103. The highest BCUT2D eigenvalue weighted by molar-refractivity contribution is 7.15. The van der Waals surface area contributed by atoms with Crippen LogP contribution in [0.15, 0.2) is 95.9 Å². The van der Waals surface area contributed by atoms with E-state index in [1.807, 2.05) is 116 Å². The Morgan fingerprint density at radius 2 is 1.57 bits per heavy atom. The van der Waals surface area contributed by atoms with Gasteiger partial charge in [0.2, 0.25) is 4.96 Å². The van der Waals surface area contributed by atoms with Gasteiger partial charge in [0.05, 0.1) is 16.3 Å². The summed E-state index contributed by atoms with van der Waals surface area (Å²) in [5, 5.41) is 9.33. The van der Waals surface area contributed by atoms with Crippen molar-refractivity contribution in [2.24, 2.45) is 0 Å². The second kappa shape index (κ2) is 9.48. The molecule has 7 nitrogen and oxygen atoms in total. The zero-order valence-corrected chi connectivity index (χ0v) is 21.1. The first-order valence-corrected chi connectivity index (χ1v) is 12.8. The molecule has 0 unspecified atom stereocenters. The lowest BCUT2D eigenvalue weighted by Crippen LogP contribution is -2.23. The Labute approximate surface area is 216 Å². The summed E-state index contributed by atoms with van der Waals surface area (Å²) in [6, 6.07) is 27.4. The molecular formula is C29H23N5O2S. The Morgan fingerprint density at radius 3 is 2.24 bits per heavy atom. The highest BCUT2D eigenvalue weighted by atomic mass is 32.1. The molecule has 182 valence electrons. The summed E-state index contributed by atoms with van der Waals surface area (Å²) in [5.41, 5.74) is 4.12. The number of rotatable bonds is 6. The monoisotopic (exact) mass is 505 g/mol. The van der Waals surface area contributed by atoms with E-state index in [9.17, 15) is 4.79 Å². The maximum atomic E-state index is 13.2. The van der Waals surface area contributed by atoms with Crippen molar-refractivity contribution in [2.75, 3.05) is 0 Å². The van der Waals surface area contributed by atoms with Crippen LogP contribution < -0.4 is 14.8 Å². The highest BCUT2D eigenvalue weighted by Gasteiger charge is 2.15. The average Bonchev–Trinajstić information content (AvgIpc) is 3.61. The lowest BCUT2D eigenvalue weighted by atomic mass is 10.1. The van der Waals surface area contributed by atoms with Crippen molar-refractivity contribution < 1.29 is 4.74 Å². The van der Waals surface area contributed by atoms with Crippen LogP contribution in [-0.4, -0.2) is 30.5 Å². The Hall–Kier alpha value is -4.56. The number of aromatic nitrogens is 5. The average molecular weight is 506 g/mol. The van der Waals surface area contributed by atoms with Crippen molar-refractivity contribution in [1.29, 1.82) is 0 Å². The van der Waals surface area contributed by atoms with Gasteiger partial charge in [-0.25, -0.2) is 4.68 Å². The quantitative estimate of drug-likeness (QED) is 0.318. The van der Waals surface area contributed by atoms with Crippen molar-refractivity contribution in [3.8, 4) is 34.1 Å². The molecule has 0 amide bonds. The second-order valence-electron chi connectivity index (χ2n) is 8.82. The van der Waals surface area contributed by atoms with E-state index in [2.05, 4.69) is 10.1 Å². The number of nitrogens with zero attached hydrogens (tertiary/aromatic N) is 5. The van der Waals surface area contributed by atoms with Crippen LogP contribution in [0, 0.1) is 0 Å². The standard InChI is InChI=1S/C29H23N5O2S/c1-19(2)36-24-15-13-20(14-16-24)26-22(18-33(31-26)23-11-7-4-8-12-23)17-25-28(35)34-29(37-25)30-27(32-34)21-9-5-3-6-10-21/h3-19H,1-2H3. The van der Waals surface area contributed by atoms with Crippen LogP contribution in [0.2, 0.25) is 0 Å². The minimum absolute atomic E-state index is 0.0938. The third-order valence-corrected chi connectivity index (χ3v) is 6.72. The van der Waals surface area contributed by atoms with Gasteiger partial charge in [-0.2, -0.15) is 14.6 Å². The Kier molecular flexibility index (Phi) is 5.86. The molecule has 0 aliphatic heterocycles. The van der Waals surface area contributed by atoms with E-state index in [0.717, 1.165) is 33.8 Å². The number of benzene rings is 3. The summed E-state index contributed by atoms with van der Waals surface area (Å²) in [6.07, 6.45) is 3.90. The fourth-order valence-corrected chi connectivity index (χ4v) is 4.98. The van der Waals surface area contributed by atoms with Crippen molar-refractivity contribution in [3.63, 3.8) is 0 Å². The SMILES string of the molecule is CC(C)Oc1ccc(-c2nn(-c3ccccc3)cc2C=c2sc3nc(-c4ccccc4)nn3c2=O)cc1. The highest BCUT2D eigenvalue weighted by Crippen LogP contribution is 2.27. The van der Waals surface area contributed by atoms with Gasteiger partial charge in [-0.05, 0) is 56.3 Å². The molecule has 37 heavy (non-hydrogen) atoms. The minimum Gasteiger partial charge on any atom is -0.491 e. The summed E-state index contributed by atoms with van der Waals surface area (Å²) < 4.78 is 9.54. The van der Waals surface area contributed by atoms with Crippen LogP contribution in [0.1, 0.15) is 19.4 Å². The van der Waals surface area contributed by atoms with E-state index in [-0.39, 0.29) is 11.7 Å². The fourth-order valence-electron chi connectivity index (χ4n) is 4.08. The van der Waals surface area contributed by atoms with Crippen LogP contribution in [0.5, 0.6) is 5.75 Å². The predicted molar refractivity (Wildman–Crippen MR) is 146 cm³/mol. The van der Waals surface area contributed by atoms with E-state index < -0.39 is 0 Å². The van der Waals surface area contributed by atoms with Gasteiger partial charge < -0.3 is 4.74 Å². The molecule has 3 aromatic heterocycles. The second-order valence-corrected chi connectivity index (χ2v) is 9.82. The topological polar surface area (TPSA) is 74.3 Å². The molecule has 8 heteroatoms. The molecule has 3 aromatic carbocycles. The molecule has 0 saturated carbocycles. The normalized spacial score (nSPS) is 12.0. The van der Waals surface area contributed by atoms with Gasteiger partial charge in [0.1, 0.15) is 11.4 Å². The Morgan fingerprint density at radius 1 is 0.865 bits per heavy atom. The third kappa shape index (κ3) is 4.54.